The Bertz CT molecular complexity index is 473. The molecule has 0 spiro atoms. The van der Waals surface area contributed by atoms with Crippen LogP contribution in [0.15, 0.2) is 16.6 Å². The highest BCUT2D eigenvalue weighted by Gasteiger charge is 2.32. The van der Waals surface area contributed by atoms with E-state index in [0.29, 0.717) is 21.5 Å². The summed E-state index contributed by atoms with van der Waals surface area (Å²) in [6.45, 7) is 7.01. The van der Waals surface area contributed by atoms with E-state index in [-0.39, 0.29) is 0 Å². The molecule has 1 nitrogen and oxygen atoms in total. The van der Waals surface area contributed by atoms with Crippen LogP contribution >= 0.6 is 39.1 Å². The van der Waals surface area contributed by atoms with Crippen molar-refractivity contribution >= 4 is 44.8 Å². The highest BCUT2D eigenvalue weighted by atomic mass is 79.9. The number of rotatable bonds is 2. The van der Waals surface area contributed by atoms with Gasteiger partial charge in [-0.25, -0.2) is 0 Å². The van der Waals surface area contributed by atoms with Crippen LogP contribution in [0.4, 0.5) is 5.69 Å². The normalized spacial score (nSPS) is 26.2. The van der Waals surface area contributed by atoms with Crippen molar-refractivity contribution in [1.82, 2.24) is 0 Å². The lowest BCUT2D eigenvalue weighted by atomic mass is 9.70. The van der Waals surface area contributed by atoms with Crippen molar-refractivity contribution in [2.75, 3.05) is 5.32 Å². The molecule has 1 aliphatic rings. The molecule has 2 unspecified atom stereocenters. The molecule has 0 saturated heterocycles. The lowest BCUT2D eigenvalue weighted by molar-refractivity contribution is 0.178. The minimum atomic E-state index is 0.390. The molecule has 0 radical (unpaired) electrons. The molecular formula is C15H20BrCl2N. The topological polar surface area (TPSA) is 12.0 Å². The van der Waals surface area contributed by atoms with Gasteiger partial charge in [0.25, 0.3) is 0 Å². The molecular weight excluding hydrogens is 345 g/mol. The number of nitrogens with one attached hydrogen (secondary N) is 1. The Morgan fingerprint density at radius 2 is 1.89 bits per heavy atom. The summed E-state index contributed by atoms with van der Waals surface area (Å²) in [5.74, 6) is 0.742. The van der Waals surface area contributed by atoms with Crippen molar-refractivity contribution in [1.29, 1.82) is 0 Å². The smallest absolute Gasteiger partial charge is 0.0835 e. The third kappa shape index (κ3) is 3.80. The molecule has 0 bridgehead atoms. The molecule has 2 rings (SSSR count). The van der Waals surface area contributed by atoms with E-state index >= 15 is 0 Å². The average molecular weight is 365 g/mol. The van der Waals surface area contributed by atoms with E-state index in [0.717, 1.165) is 16.1 Å². The Hall–Kier alpha value is 0.0800. The van der Waals surface area contributed by atoms with Crippen LogP contribution in [0.3, 0.4) is 0 Å². The minimum absolute atomic E-state index is 0.390. The first-order valence-electron chi connectivity index (χ1n) is 6.68. The fourth-order valence-corrected chi connectivity index (χ4v) is 4.14. The van der Waals surface area contributed by atoms with E-state index in [9.17, 15) is 0 Å². The lowest BCUT2D eigenvalue weighted by Gasteiger charge is -2.39. The van der Waals surface area contributed by atoms with Crippen LogP contribution in [-0.2, 0) is 0 Å². The first-order valence-corrected chi connectivity index (χ1v) is 8.23. The Balaban J connectivity index is 2.15. The number of hydrogen-bond donors (Lipinski definition) is 1. The van der Waals surface area contributed by atoms with Crippen LogP contribution in [0, 0.1) is 11.3 Å². The van der Waals surface area contributed by atoms with Crippen LogP contribution in [0.25, 0.3) is 0 Å². The molecule has 0 aliphatic heterocycles. The highest BCUT2D eigenvalue weighted by Crippen LogP contribution is 2.41. The van der Waals surface area contributed by atoms with Gasteiger partial charge >= 0.3 is 0 Å². The Morgan fingerprint density at radius 1 is 1.21 bits per heavy atom. The van der Waals surface area contributed by atoms with Crippen molar-refractivity contribution in [2.45, 2.75) is 46.1 Å². The van der Waals surface area contributed by atoms with Crippen molar-refractivity contribution in [3.8, 4) is 0 Å². The second-order valence-electron chi connectivity index (χ2n) is 6.48. The maximum Gasteiger partial charge on any atom is 0.0835 e. The molecule has 1 aromatic carbocycles. The van der Waals surface area contributed by atoms with Gasteiger partial charge in [-0.15, -0.1) is 0 Å². The molecule has 2 atom stereocenters. The minimum Gasteiger partial charge on any atom is -0.381 e. The summed E-state index contributed by atoms with van der Waals surface area (Å²) in [4.78, 5) is 0. The molecule has 1 N–H and O–H groups in total. The van der Waals surface area contributed by atoms with Crippen LogP contribution in [-0.4, -0.2) is 6.04 Å². The zero-order chi connectivity index (χ0) is 14.2. The summed E-state index contributed by atoms with van der Waals surface area (Å²) >= 11 is 15.9. The standard InChI is InChI=1S/C15H20BrCl2N/c1-9-6-10(8-15(2,3)7-9)19-12-5-4-11(16)13(17)14(12)18/h4-5,9-10,19H,6-8H2,1-3H3. The van der Waals surface area contributed by atoms with Gasteiger partial charge < -0.3 is 5.32 Å². The second-order valence-corrected chi connectivity index (χ2v) is 8.09. The van der Waals surface area contributed by atoms with Gasteiger partial charge in [0.15, 0.2) is 0 Å². The third-order valence-corrected chi connectivity index (χ3v) is 5.55. The van der Waals surface area contributed by atoms with Crippen LogP contribution in [0.2, 0.25) is 10.0 Å². The van der Waals surface area contributed by atoms with Gasteiger partial charge in [-0.3, -0.25) is 0 Å². The quantitative estimate of drug-likeness (QED) is 0.600. The predicted molar refractivity (Wildman–Crippen MR) is 88.4 cm³/mol. The molecule has 1 aromatic rings. The zero-order valence-corrected chi connectivity index (χ0v) is 14.7. The molecule has 1 fully saturated rings. The SMILES string of the molecule is CC1CC(Nc2ccc(Br)c(Cl)c2Cl)CC(C)(C)C1. The number of hydrogen-bond acceptors (Lipinski definition) is 1. The van der Waals surface area contributed by atoms with Gasteiger partial charge in [-0.2, -0.15) is 0 Å². The monoisotopic (exact) mass is 363 g/mol. The molecule has 106 valence electrons. The second kappa shape index (κ2) is 5.83. The molecule has 1 aliphatic carbocycles. The van der Waals surface area contributed by atoms with Crippen molar-refractivity contribution in [3.05, 3.63) is 26.7 Å². The van der Waals surface area contributed by atoms with Crippen LogP contribution < -0.4 is 5.32 Å². The van der Waals surface area contributed by atoms with Gasteiger partial charge in [0.05, 0.1) is 15.7 Å². The van der Waals surface area contributed by atoms with E-state index < -0.39 is 0 Å². The average Bonchev–Trinajstić information content (AvgIpc) is 2.27. The first kappa shape index (κ1) is 15.5. The summed E-state index contributed by atoms with van der Waals surface area (Å²) in [5, 5.41) is 4.75. The maximum atomic E-state index is 6.30. The van der Waals surface area contributed by atoms with Gasteiger partial charge in [-0.1, -0.05) is 44.0 Å². The Labute approximate surface area is 134 Å². The molecule has 1 saturated carbocycles. The van der Waals surface area contributed by atoms with Crippen LogP contribution in [0.5, 0.6) is 0 Å². The summed E-state index contributed by atoms with van der Waals surface area (Å²) < 4.78 is 0.835. The first-order chi connectivity index (χ1) is 8.78. The lowest BCUT2D eigenvalue weighted by Crippen LogP contribution is -2.35. The number of benzene rings is 1. The summed E-state index contributed by atoms with van der Waals surface area (Å²) in [7, 11) is 0. The van der Waals surface area contributed by atoms with Gasteiger partial charge in [0.1, 0.15) is 0 Å². The van der Waals surface area contributed by atoms with E-state index in [1.807, 2.05) is 12.1 Å². The van der Waals surface area contributed by atoms with Crippen molar-refractivity contribution < 1.29 is 0 Å². The van der Waals surface area contributed by atoms with Crippen molar-refractivity contribution in [3.63, 3.8) is 0 Å². The van der Waals surface area contributed by atoms with Gasteiger partial charge in [0.2, 0.25) is 0 Å². The van der Waals surface area contributed by atoms with Crippen LogP contribution in [0.1, 0.15) is 40.0 Å². The third-order valence-electron chi connectivity index (χ3n) is 3.78. The molecule has 19 heavy (non-hydrogen) atoms. The highest BCUT2D eigenvalue weighted by molar-refractivity contribution is 9.10. The zero-order valence-electron chi connectivity index (χ0n) is 11.6. The predicted octanol–water partition coefficient (Wildman–Crippen LogP) is 6.38. The Morgan fingerprint density at radius 3 is 2.53 bits per heavy atom. The summed E-state index contributed by atoms with van der Waals surface area (Å²) in [6, 6.07) is 4.40. The van der Waals surface area contributed by atoms with E-state index in [1.54, 1.807) is 0 Å². The van der Waals surface area contributed by atoms with E-state index in [1.165, 1.54) is 19.3 Å². The summed E-state index contributed by atoms with van der Waals surface area (Å²) in [6.07, 6.45) is 3.65. The van der Waals surface area contributed by atoms with E-state index in [4.69, 9.17) is 23.2 Å². The molecule has 0 amide bonds. The number of halogens is 3. The molecule has 0 heterocycles. The molecule has 0 aromatic heterocycles. The van der Waals surface area contributed by atoms with E-state index in [2.05, 4.69) is 42.0 Å². The summed E-state index contributed by atoms with van der Waals surface area (Å²) in [5.41, 5.74) is 1.32. The number of anilines is 1. The largest absolute Gasteiger partial charge is 0.381 e. The van der Waals surface area contributed by atoms with Gasteiger partial charge in [-0.05, 0) is 58.7 Å². The van der Waals surface area contributed by atoms with Crippen molar-refractivity contribution in [2.24, 2.45) is 11.3 Å². The Kier molecular flexibility index (Phi) is 4.75. The fraction of sp³-hybridized carbons (Fsp3) is 0.600. The maximum absolute atomic E-state index is 6.30. The fourth-order valence-electron chi connectivity index (χ4n) is 3.31. The van der Waals surface area contributed by atoms with Gasteiger partial charge in [0, 0.05) is 10.5 Å². The molecule has 4 heteroatoms.